The molecule has 3 aromatic carbocycles. The molecule has 4 rings (SSSR count). The maximum Gasteiger partial charge on any atom is 0.264 e. The molecule has 35 heavy (non-hydrogen) atoms. The Morgan fingerprint density at radius 3 is 2.17 bits per heavy atom. The van der Waals surface area contributed by atoms with E-state index in [9.17, 15) is 21.6 Å². The van der Waals surface area contributed by atoms with Crippen LogP contribution < -0.4 is 14.4 Å². The van der Waals surface area contributed by atoms with Gasteiger partial charge < -0.3 is 10.1 Å². The summed E-state index contributed by atoms with van der Waals surface area (Å²) in [7, 11) is -7.27. The molecular formula is C25H26N2O6S2. The summed E-state index contributed by atoms with van der Waals surface area (Å²) in [5, 5.41) is 2.84. The molecule has 8 nitrogen and oxygen atoms in total. The van der Waals surface area contributed by atoms with E-state index in [1.54, 1.807) is 67.6 Å². The SMILES string of the molecule is Cc1ccc(S(=O)(=O)N2C[C@@H](C(=O)N[C@@H](C)c3ccc(S(C)(=O)=O)cc3)Oc3ccccc32)cc1. The molecule has 0 unspecified atom stereocenters. The number of nitrogens with zero attached hydrogens (tertiary/aromatic N) is 1. The zero-order chi connectivity index (χ0) is 25.4. The zero-order valence-electron chi connectivity index (χ0n) is 19.5. The van der Waals surface area contributed by atoms with Crippen LogP contribution in [-0.4, -0.2) is 41.6 Å². The van der Waals surface area contributed by atoms with Crippen molar-refractivity contribution in [1.29, 1.82) is 0 Å². The van der Waals surface area contributed by atoms with E-state index in [1.165, 1.54) is 16.4 Å². The largest absolute Gasteiger partial charge is 0.476 e. The topological polar surface area (TPSA) is 110 Å². The first-order valence-corrected chi connectivity index (χ1v) is 14.3. The lowest BCUT2D eigenvalue weighted by Gasteiger charge is -2.35. The molecule has 0 radical (unpaired) electrons. The predicted octanol–water partition coefficient (Wildman–Crippen LogP) is 3.23. The van der Waals surface area contributed by atoms with E-state index in [1.807, 2.05) is 6.92 Å². The Bertz CT molecular complexity index is 1450. The summed E-state index contributed by atoms with van der Waals surface area (Å²) in [5.74, 6) is -0.192. The van der Waals surface area contributed by atoms with Crippen molar-refractivity contribution in [3.05, 3.63) is 83.9 Å². The lowest BCUT2D eigenvalue weighted by Crippen LogP contribution is -2.51. The Morgan fingerprint density at radius 1 is 0.943 bits per heavy atom. The van der Waals surface area contributed by atoms with Crippen LogP contribution >= 0.6 is 0 Å². The van der Waals surface area contributed by atoms with Crippen LogP contribution in [-0.2, 0) is 24.7 Å². The van der Waals surface area contributed by atoms with E-state index >= 15 is 0 Å². The molecule has 0 aliphatic carbocycles. The number of sulfone groups is 1. The van der Waals surface area contributed by atoms with Crippen LogP contribution in [0.5, 0.6) is 5.75 Å². The smallest absolute Gasteiger partial charge is 0.264 e. The molecule has 2 atom stereocenters. The fourth-order valence-corrected chi connectivity index (χ4v) is 5.90. The molecule has 10 heteroatoms. The average molecular weight is 515 g/mol. The molecule has 0 fully saturated rings. The number of para-hydroxylation sites is 2. The molecule has 0 saturated carbocycles. The van der Waals surface area contributed by atoms with Crippen LogP contribution in [0.25, 0.3) is 0 Å². The predicted molar refractivity (Wildman–Crippen MR) is 133 cm³/mol. The number of hydrogen-bond donors (Lipinski definition) is 1. The van der Waals surface area contributed by atoms with Crippen molar-refractivity contribution in [3.8, 4) is 5.75 Å². The van der Waals surface area contributed by atoms with E-state index in [2.05, 4.69) is 5.32 Å². The summed E-state index contributed by atoms with van der Waals surface area (Å²) in [6.07, 6.45) is 0.0462. The van der Waals surface area contributed by atoms with Crippen LogP contribution in [0.1, 0.15) is 24.1 Å². The van der Waals surface area contributed by atoms with Crippen LogP contribution in [0.2, 0.25) is 0 Å². The third-order valence-corrected chi connectivity index (χ3v) is 8.73. The van der Waals surface area contributed by atoms with Crippen molar-refractivity contribution < 1.29 is 26.4 Å². The number of sulfonamides is 1. The summed E-state index contributed by atoms with van der Waals surface area (Å²) in [6.45, 7) is 3.43. The summed E-state index contributed by atoms with van der Waals surface area (Å²) < 4.78 is 57.4. The minimum atomic E-state index is -3.94. The molecule has 1 N–H and O–H groups in total. The van der Waals surface area contributed by atoms with Gasteiger partial charge in [-0.15, -0.1) is 0 Å². The molecule has 0 aromatic heterocycles. The quantitative estimate of drug-likeness (QED) is 0.541. The van der Waals surface area contributed by atoms with Gasteiger partial charge in [-0.3, -0.25) is 9.10 Å². The monoisotopic (exact) mass is 514 g/mol. The number of hydrogen-bond acceptors (Lipinski definition) is 6. The summed E-state index contributed by atoms with van der Waals surface area (Å²) in [5.41, 5.74) is 2.00. The number of rotatable bonds is 6. The molecule has 1 aliphatic rings. The van der Waals surface area contributed by atoms with Gasteiger partial charge in [0.2, 0.25) is 0 Å². The van der Waals surface area contributed by atoms with Gasteiger partial charge in [0.05, 0.1) is 28.1 Å². The Hall–Kier alpha value is -3.37. The van der Waals surface area contributed by atoms with Crippen LogP contribution in [0.3, 0.4) is 0 Å². The van der Waals surface area contributed by atoms with Crippen molar-refractivity contribution >= 4 is 31.5 Å². The second-order valence-electron chi connectivity index (χ2n) is 8.49. The molecule has 0 spiro atoms. The first kappa shape index (κ1) is 24.7. The number of amides is 1. The van der Waals surface area contributed by atoms with E-state index in [4.69, 9.17) is 4.74 Å². The van der Waals surface area contributed by atoms with Crippen molar-refractivity contribution in [2.24, 2.45) is 0 Å². The third kappa shape index (κ3) is 5.18. The number of aryl methyl sites for hydroxylation is 1. The number of carbonyl (C=O) groups is 1. The standard InChI is InChI=1S/C25H26N2O6S2/c1-17-8-12-21(13-9-17)35(31,32)27-16-24(33-23-7-5-4-6-22(23)27)25(28)26-18(2)19-10-14-20(15-11-19)34(3,29)30/h4-15,18,24H,16H2,1-3H3,(H,26,28)/t18-,24-/m0/s1. The number of fused-ring (bicyclic) bond motifs is 1. The Kier molecular flexibility index (Phi) is 6.61. The van der Waals surface area contributed by atoms with Gasteiger partial charge in [0.25, 0.3) is 15.9 Å². The van der Waals surface area contributed by atoms with Gasteiger partial charge in [0.1, 0.15) is 5.75 Å². The lowest BCUT2D eigenvalue weighted by molar-refractivity contribution is -0.128. The van der Waals surface area contributed by atoms with Gasteiger partial charge in [-0.25, -0.2) is 16.8 Å². The fraction of sp³-hybridized carbons (Fsp3) is 0.240. The maximum atomic E-state index is 13.5. The summed E-state index contributed by atoms with van der Waals surface area (Å²) >= 11 is 0. The van der Waals surface area contributed by atoms with Crippen molar-refractivity contribution in [2.75, 3.05) is 17.1 Å². The third-order valence-electron chi connectivity index (χ3n) is 5.80. The molecule has 1 amide bonds. The number of nitrogens with one attached hydrogen (secondary N) is 1. The van der Waals surface area contributed by atoms with Crippen molar-refractivity contribution in [2.45, 2.75) is 35.8 Å². The van der Waals surface area contributed by atoms with Gasteiger partial charge in [-0.1, -0.05) is 42.0 Å². The average Bonchev–Trinajstić information content (AvgIpc) is 2.83. The zero-order valence-corrected chi connectivity index (χ0v) is 21.1. The first-order valence-electron chi connectivity index (χ1n) is 10.9. The van der Waals surface area contributed by atoms with Gasteiger partial charge in [-0.2, -0.15) is 0 Å². The molecular weight excluding hydrogens is 488 g/mol. The maximum absolute atomic E-state index is 13.5. The summed E-state index contributed by atoms with van der Waals surface area (Å²) in [4.78, 5) is 13.4. The molecule has 1 heterocycles. The van der Waals surface area contributed by atoms with Crippen LogP contribution in [0, 0.1) is 6.92 Å². The van der Waals surface area contributed by atoms with E-state index in [-0.39, 0.29) is 16.3 Å². The minimum Gasteiger partial charge on any atom is -0.476 e. The molecule has 184 valence electrons. The highest BCUT2D eigenvalue weighted by atomic mass is 32.2. The molecule has 0 saturated heterocycles. The number of ether oxygens (including phenoxy) is 1. The van der Waals surface area contributed by atoms with E-state index < -0.39 is 37.9 Å². The van der Waals surface area contributed by atoms with E-state index in [0.29, 0.717) is 17.0 Å². The second-order valence-corrected chi connectivity index (χ2v) is 12.4. The van der Waals surface area contributed by atoms with Crippen LogP contribution in [0.4, 0.5) is 5.69 Å². The van der Waals surface area contributed by atoms with Gasteiger partial charge >= 0.3 is 0 Å². The van der Waals surface area contributed by atoms with Gasteiger partial charge in [-0.05, 0) is 55.8 Å². The minimum absolute atomic E-state index is 0.123. The lowest BCUT2D eigenvalue weighted by atomic mass is 10.1. The Morgan fingerprint density at radius 2 is 1.54 bits per heavy atom. The first-order chi connectivity index (χ1) is 16.5. The number of anilines is 1. The second kappa shape index (κ2) is 9.35. The molecule has 1 aliphatic heterocycles. The number of benzene rings is 3. The van der Waals surface area contributed by atoms with Crippen molar-refractivity contribution in [1.82, 2.24) is 5.32 Å². The van der Waals surface area contributed by atoms with E-state index in [0.717, 1.165) is 11.8 Å². The highest BCUT2D eigenvalue weighted by molar-refractivity contribution is 7.92. The molecule has 3 aromatic rings. The Balaban J connectivity index is 1.58. The normalized spacial score (nSPS) is 16.7. The summed E-state index contributed by atoms with van der Waals surface area (Å²) in [6, 6.07) is 19.0. The number of carbonyl (C=O) groups excluding carboxylic acids is 1. The fourth-order valence-electron chi connectivity index (χ4n) is 3.80. The molecule has 0 bridgehead atoms. The van der Waals surface area contributed by atoms with Gasteiger partial charge in [0.15, 0.2) is 15.9 Å². The Labute approximate surface area is 205 Å². The van der Waals surface area contributed by atoms with Gasteiger partial charge in [0, 0.05) is 6.26 Å². The van der Waals surface area contributed by atoms with Crippen LogP contribution in [0.15, 0.2) is 82.6 Å². The highest BCUT2D eigenvalue weighted by Gasteiger charge is 2.37. The highest BCUT2D eigenvalue weighted by Crippen LogP contribution is 2.37. The van der Waals surface area contributed by atoms with Crippen molar-refractivity contribution in [3.63, 3.8) is 0 Å².